The van der Waals surface area contributed by atoms with Gasteiger partial charge in [0.05, 0.1) is 10.0 Å². The van der Waals surface area contributed by atoms with E-state index in [0.717, 1.165) is 0 Å². The van der Waals surface area contributed by atoms with E-state index in [4.69, 9.17) is 39.5 Å². The highest BCUT2D eigenvalue weighted by Gasteiger charge is 2.11. The average molecular weight is 315 g/mol. The number of carbonyl (C=O) groups excluding carboxylic acids is 1. The van der Waals surface area contributed by atoms with Gasteiger partial charge in [0, 0.05) is 11.1 Å². The van der Waals surface area contributed by atoms with Crippen molar-refractivity contribution < 1.29 is 15.0 Å². The first-order valence-corrected chi connectivity index (χ1v) is 6.10. The van der Waals surface area contributed by atoms with Gasteiger partial charge in [-0.2, -0.15) is 0 Å². The smallest absolute Gasteiger partial charge is 0.258 e. The minimum Gasteiger partial charge on any atom is -0.481 e. The Kier molecular flexibility index (Phi) is 7.40. The molecule has 7 heteroatoms. The van der Waals surface area contributed by atoms with Crippen LogP contribution < -0.4 is 10.1 Å². The van der Waals surface area contributed by atoms with Crippen LogP contribution in [0.15, 0.2) is 12.1 Å². The SMILES string of the molecule is CC(C)NC(=O)COc1c(Cl)cc(Cl)cc1Cl.O. The second-order valence-electron chi connectivity index (χ2n) is 3.71. The third-order valence-corrected chi connectivity index (χ3v) is 2.54. The summed E-state index contributed by atoms with van der Waals surface area (Å²) in [6.45, 7) is 3.58. The van der Waals surface area contributed by atoms with E-state index in [9.17, 15) is 4.79 Å². The van der Waals surface area contributed by atoms with Gasteiger partial charge < -0.3 is 15.5 Å². The molecule has 4 nitrogen and oxygen atoms in total. The second kappa shape index (κ2) is 7.69. The molecule has 0 atom stereocenters. The van der Waals surface area contributed by atoms with E-state index in [0.29, 0.717) is 5.02 Å². The van der Waals surface area contributed by atoms with Crippen LogP contribution in [0.25, 0.3) is 0 Å². The summed E-state index contributed by atoms with van der Waals surface area (Å²) in [5.41, 5.74) is 0. The topological polar surface area (TPSA) is 69.8 Å². The molecule has 0 aromatic heterocycles. The van der Waals surface area contributed by atoms with Crippen LogP contribution in [0.5, 0.6) is 5.75 Å². The van der Waals surface area contributed by atoms with Crippen LogP contribution in [0.2, 0.25) is 15.1 Å². The van der Waals surface area contributed by atoms with Crippen molar-refractivity contribution in [2.75, 3.05) is 6.61 Å². The molecule has 1 rings (SSSR count). The van der Waals surface area contributed by atoms with E-state index >= 15 is 0 Å². The molecule has 0 fully saturated rings. The van der Waals surface area contributed by atoms with E-state index < -0.39 is 0 Å². The molecule has 0 bridgehead atoms. The van der Waals surface area contributed by atoms with Gasteiger partial charge in [0.25, 0.3) is 5.91 Å². The lowest BCUT2D eigenvalue weighted by Gasteiger charge is -2.12. The van der Waals surface area contributed by atoms with Crippen LogP contribution in [0.1, 0.15) is 13.8 Å². The summed E-state index contributed by atoms with van der Waals surface area (Å²) in [5, 5.41) is 3.66. The molecule has 1 aromatic rings. The molecule has 102 valence electrons. The molecular formula is C11H14Cl3NO3. The summed E-state index contributed by atoms with van der Waals surface area (Å²) in [5.74, 6) is 0.0266. The monoisotopic (exact) mass is 313 g/mol. The molecule has 1 aromatic carbocycles. The maximum atomic E-state index is 11.4. The molecule has 0 aliphatic rings. The Hall–Kier alpha value is -0.680. The predicted octanol–water partition coefficient (Wildman–Crippen LogP) is 2.73. The summed E-state index contributed by atoms with van der Waals surface area (Å²) in [6, 6.07) is 3.07. The Bertz CT molecular complexity index is 401. The van der Waals surface area contributed by atoms with E-state index in [-0.39, 0.29) is 39.8 Å². The molecule has 0 aliphatic carbocycles. The van der Waals surface area contributed by atoms with Crippen molar-refractivity contribution in [3.8, 4) is 5.75 Å². The van der Waals surface area contributed by atoms with E-state index in [1.807, 2.05) is 13.8 Å². The third kappa shape index (κ3) is 5.31. The van der Waals surface area contributed by atoms with Gasteiger partial charge in [-0.25, -0.2) is 0 Å². The van der Waals surface area contributed by atoms with Crippen molar-refractivity contribution in [1.29, 1.82) is 0 Å². The van der Waals surface area contributed by atoms with Crippen LogP contribution in [-0.4, -0.2) is 24.0 Å². The van der Waals surface area contributed by atoms with Crippen LogP contribution >= 0.6 is 34.8 Å². The van der Waals surface area contributed by atoms with Gasteiger partial charge in [-0.3, -0.25) is 4.79 Å². The lowest BCUT2D eigenvalue weighted by molar-refractivity contribution is -0.123. The Morgan fingerprint density at radius 3 is 2.22 bits per heavy atom. The zero-order chi connectivity index (χ0) is 13.0. The van der Waals surface area contributed by atoms with Crippen LogP contribution in [0, 0.1) is 0 Å². The fraction of sp³-hybridized carbons (Fsp3) is 0.364. The number of hydrogen-bond acceptors (Lipinski definition) is 2. The van der Waals surface area contributed by atoms with Gasteiger partial charge in [-0.1, -0.05) is 34.8 Å². The number of carbonyl (C=O) groups is 1. The molecular weight excluding hydrogens is 300 g/mol. The highest BCUT2D eigenvalue weighted by Crippen LogP contribution is 2.35. The van der Waals surface area contributed by atoms with Gasteiger partial charge in [0.1, 0.15) is 0 Å². The molecule has 18 heavy (non-hydrogen) atoms. The maximum Gasteiger partial charge on any atom is 0.258 e. The molecule has 0 heterocycles. The van der Waals surface area contributed by atoms with E-state index in [1.165, 1.54) is 12.1 Å². The number of hydrogen-bond donors (Lipinski definition) is 1. The lowest BCUT2D eigenvalue weighted by atomic mass is 10.3. The summed E-state index contributed by atoms with van der Waals surface area (Å²) in [4.78, 5) is 11.4. The first-order valence-electron chi connectivity index (χ1n) is 4.97. The first-order chi connectivity index (χ1) is 7.90. The predicted molar refractivity (Wildman–Crippen MR) is 73.9 cm³/mol. The van der Waals surface area contributed by atoms with Crippen molar-refractivity contribution in [2.24, 2.45) is 0 Å². The Balaban J connectivity index is 0.00000289. The largest absolute Gasteiger partial charge is 0.481 e. The fourth-order valence-electron chi connectivity index (χ4n) is 1.17. The normalized spacial score (nSPS) is 9.89. The van der Waals surface area contributed by atoms with Gasteiger partial charge in [-0.05, 0) is 26.0 Å². The van der Waals surface area contributed by atoms with Gasteiger partial charge in [0.15, 0.2) is 12.4 Å². The fourth-order valence-corrected chi connectivity index (χ4v) is 2.09. The highest BCUT2D eigenvalue weighted by atomic mass is 35.5. The van der Waals surface area contributed by atoms with E-state index in [2.05, 4.69) is 5.32 Å². The number of nitrogens with one attached hydrogen (secondary N) is 1. The van der Waals surface area contributed by atoms with E-state index in [1.54, 1.807) is 0 Å². The Labute approximate surface area is 120 Å². The summed E-state index contributed by atoms with van der Waals surface area (Å²) in [7, 11) is 0. The molecule has 3 N–H and O–H groups in total. The van der Waals surface area contributed by atoms with Crippen LogP contribution in [0.3, 0.4) is 0 Å². The molecule has 0 radical (unpaired) electrons. The molecule has 1 amide bonds. The van der Waals surface area contributed by atoms with Crippen LogP contribution in [0.4, 0.5) is 0 Å². The summed E-state index contributed by atoms with van der Waals surface area (Å²) >= 11 is 17.5. The number of amides is 1. The highest BCUT2D eigenvalue weighted by molar-refractivity contribution is 6.40. The standard InChI is InChI=1S/C11H12Cl3NO2.H2O/c1-6(2)15-10(16)5-17-11-8(13)3-7(12)4-9(11)14;/h3-4,6H,5H2,1-2H3,(H,15,16);1H2. The van der Waals surface area contributed by atoms with Gasteiger partial charge in [-0.15, -0.1) is 0 Å². The first kappa shape index (κ1) is 17.3. The zero-order valence-electron chi connectivity index (χ0n) is 9.89. The molecule has 0 unspecified atom stereocenters. The Morgan fingerprint density at radius 1 is 1.28 bits per heavy atom. The Morgan fingerprint density at radius 2 is 1.78 bits per heavy atom. The number of ether oxygens (including phenoxy) is 1. The van der Waals surface area contributed by atoms with Crippen molar-refractivity contribution >= 4 is 40.7 Å². The molecule has 0 spiro atoms. The van der Waals surface area contributed by atoms with Crippen LogP contribution in [-0.2, 0) is 4.79 Å². The number of rotatable bonds is 4. The lowest BCUT2D eigenvalue weighted by Crippen LogP contribution is -2.34. The van der Waals surface area contributed by atoms with Crippen molar-refractivity contribution in [2.45, 2.75) is 19.9 Å². The average Bonchev–Trinajstić information content (AvgIpc) is 2.14. The maximum absolute atomic E-state index is 11.4. The molecule has 0 saturated carbocycles. The summed E-state index contributed by atoms with van der Waals surface area (Å²) < 4.78 is 5.25. The molecule has 0 aliphatic heterocycles. The number of halogens is 3. The van der Waals surface area contributed by atoms with Gasteiger partial charge in [0.2, 0.25) is 0 Å². The second-order valence-corrected chi connectivity index (χ2v) is 4.96. The third-order valence-electron chi connectivity index (χ3n) is 1.76. The minimum atomic E-state index is -0.234. The zero-order valence-corrected chi connectivity index (χ0v) is 12.2. The van der Waals surface area contributed by atoms with Crippen molar-refractivity contribution in [3.05, 3.63) is 27.2 Å². The number of benzene rings is 1. The van der Waals surface area contributed by atoms with Crippen molar-refractivity contribution in [1.82, 2.24) is 5.32 Å². The summed E-state index contributed by atoms with van der Waals surface area (Å²) in [6.07, 6.45) is 0. The van der Waals surface area contributed by atoms with Gasteiger partial charge >= 0.3 is 0 Å². The minimum absolute atomic E-state index is 0. The molecule has 0 saturated heterocycles. The van der Waals surface area contributed by atoms with Crippen molar-refractivity contribution in [3.63, 3.8) is 0 Å². The quantitative estimate of drug-likeness (QED) is 0.928.